The number of benzene rings is 2. The molecule has 6 heteroatoms. The number of aryl methyl sites for hydroxylation is 1. The summed E-state index contributed by atoms with van der Waals surface area (Å²) in [6.07, 6.45) is 3.80. The topological polar surface area (TPSA) is 59.5 Å². The van der Waals surface area contributed by atoms with Gasteiger partial charge in [-0.25, -0.2) is 9.97 Å². The van der Waals surface area contributed by atoms with Gasteiger partial charge in [-0.3, -0.25) is 0 Å². The van der Waals surface area contributed by atoms with Gasteiger partial charge < -0.3 is 19.7 Å². The number of hydrogen-bond acceptors (Lipinski definition) is 6. The lowest BCUT2D eigenvalue weighted by atomic mass is 10.0. The van der Waals surface area contributed by atoms with Crippen LogP contribution in [0.4, 0.5) is 23.0 Å². The standard InChI is InChI=1S/C21H22N4O2/c1-26-16-9-10-17(19(12-16)27-2)24-20-13-21(23-14-22-20)25-11-5-7-15-6-3-4-8-18(15)25/h3-4,6,8-10,12-14H,5,7,11H2,1-2H3,(H,22,23,24). The molecule has 4 rings (SSSR count). The van der Waals surface area contributed by atoms with E-state index in [1.54, 1.807) is 20.5 Å². The predicted molar refractivity (Wildman–Crippen MR) is 107 cm³/mol. The molecule has 3 aromatic rings. The first-order chi connectivity index (χ1) is 13.3. The number of hydrogen-bond donors (Lipinski definition) is 1. The van der Waals surface area contributed by atoms with Gasteiger partial charge in [0.05, 0.1) is 19.9 Å². The summed E-state index contributed by atoms with van der Waals surface area (Å²) in [4.78, 5) is 11.1. The zero-order chi connectivity index (χ0) is 18.6. The lowest BCUT2D eigenvalue weighted by Crippen LogP contribution is -2.25. The van der Waals surface area contributed by atoms with Gasteiger partial charge in [-0.1, -0.05) is 18.2 Å². The van der Waals surface area contributed by atoms with Crippen molar-refractivity contribution in [2.75, 3.05) is 31.0 Å². The highest BCUT2D eigenvalue weighted by Gasteiger charge is 2.19. The van der Waals surface area contributed by atoms with Gasteiger partial charge in [0.1, 0.15) is 29.5 Å². The Morgan fingerprint density at radius 1 is 1.00 bits per heavy atom. The fourth-order valence-corrected chi connectivity index (χ4v) is 3.37. The fraction of sp³-hybridized carbons (Fsp3) is 0.238. The number of nitrogens with one attached hydrogen (secondary N) is 1. The summed E-state index contributed by atoms with van der Waals surface area (Å²) in [5.74, 6) is 3.03. The van der Waals surface area contributed by atoms with E-state index in [9.17, 15) is 0 Å². The average molecular weight is 362 g/mol. The molecule has 1 aromatic heterocycles. The molecule has 27 heavy (non-hydrogen) atoms. The lowest BCUT2D eigenvalue weighted by Gasteiger charge is -2.30. The highest BCUT2D eigenvalue weighted by atomic mass is 16.5. The van der Waals surface area contributed by atoms with Crippen molar-refractivity contribution in [1.29, 1.82) is 0 Å². The number of para-hydroxylation sites is 1. The highest BCUT2D eigenvalue weighted by Crippen LogP contribution is 2.34. The molecule has 0 atom stereocenters. The smallest absolute Gasteiger partial charge is 0.146 e. The molecular weight excluding hydrogens is 340 g/mol. The maximum atomic E-state index is 5.46. The van der Waals surface area contributed by atoms with Crippen LogP contribution in [0.5, 0.6) is 11.5 Å². The molecular formula is C21H22N4O2. The number of methoxy groups -OCH3 is 2. The summed E-state index contributed by atoms with van der Waals surface area (Å²) in [5, 5.41) is 3.32. The van der Waals surface area contributed by atoms with Crippen molar-refractivity contribution in [2.45, 2.75) is 12.8 Å². The van der Waals surface area contributed by atoms with Gasteiger partial charge in [-0.15, -0.1) is 0 Å². The average Bonchev–Trinajstić information content (AvgIpc) is 2.74. The SMILES string of the molecule is COc1ccc(Nc2cc(N3CCCc4ccccc43)ncn2)c(OC)c1. The van der Waals surface area contributed by atoms with E-state index in [0.29, 0.717) is 11.6 Å². The van der Waals surface area contributed by atoms with E-state index >= 15 is 0 Å². The van der Waals surface area contributed by atoms with E-state index in [1.807, 2.05) is 24.3 Å². The molecule has 2 heterocycles. The normalized spacial score (nSPS) is 13.0. The Kier molecular flexibility index (Phi) is 4.78. The lowest BCUT2D eigenvalue weighted by molar-refractivity contribution is 0.395. The van der Waals surface area contributed by atoms with E-state index in [0.717, 1.165) is 36.6 Å². The van der Waals surface area contributed by atoms with Crippen LogP contribution in [-0.2, 0) is 6.42 Å². The van der Waals surface area contributed by atoms with Gasteiger partial charge in [0.15, 0.2) is 0 Å². The fourth-order valence-electron chi connectivity index (χ4n) is 3.37. The second-order valence-electron chi connectivity index (χ2n) is 6.34. The van der Waals surface area contributed by atoms with Crippen LogP contribution in [0.2, 0.25) is 0 Å². The minimum absolute atomic E-state index is 0.692. The third-order valence-electron chi connectivity index (χ3n) is 4.71. The molecule has 138 valence electrons. The molecule has 1 N–H and O–H groups in total. The molecule has 0 fully saturated rings. The zero-order valence-corrected chi connectivity index (χ0v) is 15.5. The van der Waals surface area contributed by atoms with Gasteiger partial charge in [0.25, 0.3) is 0 Å². The molecule has 6 nitrogen and oxygen atoms in total. The number of nitrogens with zero attached hydrogens (tertiary/aromatic N) is 3. The van der Waals surface area contributed by atoms with Crippen LogP contribution >= 0.6 is 0 Å². The van der Waals surface area contributed by atoms with Gasteiger partial charge in [-0.2, -0.15) is 0 Å². The van der Waals surface area contributed by atoms with Crippen molar-refractivity contribution < 1.29 is 9.47 Å². The maximum absolute atomic E-state index is 5.46. The monoisotopic (exact) mass is 362 g/mol. The number of rotatable bonds is 5. The van der Waals surface area contributed by atoms with E-state index in [4.69, 9.17) is 9.47 Å². The molecule has 0 saturated carbocycles. The van der Waals surface area contributed by atoms with Crippen LogP contribution in [-0.4, -0.2) is 30.7 Å². The Balaban J connectivity index is 1.63. The van der Waals surface area contributed by atoms with E-state index in [2.05, 4.69) is 44.5 Å². The Bertz CT molecular complexity index is 945. The van der Waals surface area contributed by atoms with E-state index < -0.39 is 0 Å². The first-order valence-electron chi connectivity index (χ1n) is 8.95. The second-order valence-corrected chi connectivity index (χ2v) is 6.34. The van der Waals surface area contributed by atoms with Crippen molar-refractivity contribution >= 4 is 23.0 Å². The van der Waals surface area contributed by atoms with Gasteiger partial charge >= 0.3 is 0 Å². The van der Waals surface area contributed by atoms with Gasteiger partial charge in [-0.05, 0) is 36.6 Å². The summed E-state index contributed by atoms with van der Waals surface area (Å²) < 4.78 is 10.7. The van der Waals surface area contributed by atoms with E-state index in [1.165, 1.54) is 11.3 Å². The first kappa shape index (κ1) is 17.1. The molecule has 0 radical (unpaired) electrons. The van der Waals surface area contributed by atoms with Crippen molar-refractivity contribution in [3.05, 3.63) is 60.4 Å². The number of aromatic nitrogens is 2. The highest BCUT2D eigenvalue weighted by molar-refractivity contribution is 5.70. The third kappa shape index (κ3) is 3.51. The van der Waals surface area contributed by atoms with Crippen LogP contribution in [0.1, 0.15) is 12.0 Å². The van der Waals surface area contributed by atoms with Gasteiger partial charge in [0.2, 0.25) is 0 Å². The number of ether oxygens (including phenoxy) is 2. The van der Waals surface area contributed by atoms with Crippen LogP contribution in [0.25, 0.3) is 0 Å². The molecule has 0 aliphatic carbocycles. The minimum Gasteiger partial charge on any atom is -0.497 e. The molecule has 1 aliphatic rings. The Morgan fingerprint density at radius 3 is 2.74 bits per heavy atom. The summed E-state index contributed by atoms with van der Waals surface area (Å²) in [6, 6.07) is 16.1. The van der Waals surface area contributed by atoms with Gasteiger partial charge in [0, 0.05) is 24.4 Å². The van der Waals surface area contributed by atoms with Crippen LogP contribution < -0.4 is 19.7 Å². The van der Waals surface area contributed by atoms with E-state index in [-0.39, 0.29) is 0 Å². The molecule has 0 unspecified atom stereocenters. The predicted octanol–water partition coefficient (Wildman–Crippen LogP) is 4.32. The van der Waals surface area contributed by atoms with Crippen LogP contribution in [0, 0.1) is 0 Å². The molecule has 1 aliphatic heterocycles. The first-order valence-corrected chi connectivity index (χ1v) is 8.95. The van der Waals surface area contributed by atoms with Crippen molar-refractivity contribution in [3.63, 3.8) is 0 Å². The second kappa shape index (κ2) is 7.53. The number of fused-ring (bicyclic) bond motifs is 1. The maximum Gasteiger partial charge on any atom is 0.146 e. The van der Waals surface area contributed by atoms with Crippen LogP contribution in [0.3, 0.4) is 0 Å². The third-order valence-corrected chi connectivity index (χ3v) is 4.71. The minimum atomic E-state index is 0.692. The summed E-state index contributed by atoms with van der Waals surface area (Å²) in [5.41, 5.74) is 3.39. The molecule has 0 bridgehead atoms. The molecule has 0 saturated heterocycles. The summed E-state index contributed by atoms with van der Waals surface area (Å²) in [7, 11) is 3.27. The Labute approximate surface area is 158 Å². The molecule has 0 amide bonds. The number of anilines is 4. The molecule has 2 aromatic carbocycles. The summed E-state index contributed by atoms with van der Waals surface area (Å²) in [6.45, 7) is 0.944. The zero-order valence-electron chi connectivity index (χ0n) is 15.5. The Morgan fingerprint density at radius 2 is 1.89 bits per heavy atom. The van der Waals surface area contributed by atoms with Crippen LogP contribution in [0.15, 0.2) is 54.9 Å². The van der Waals surface area contributed by atoms with Crippen molar-refractivity contribution in [3.8, 4) is 11.5 Å². The largest absolute Gasteiger partial charge is 0.497 e. The quantitative estimate of drug-likeness (QED) is 0.729. The van der Waals surface area contributed by atoms with Crippen molar-refractivity contribution in [2.24, 2.45) is 0 Å². The molecule has 0 spiro atoms. The Hall–Kier alpha value is -3.28. The summed E-state index contributed by atoms with van der Waals surface area (Å²) >= 11 is 0. The van der Waals surface area contributed by atoms with Crippen molar-refractivity contribution in [1.82, 2.24) is 9.97 Å².